The molecule has 1 atom stereocenters. The Kier molecular flexibility index (Phi) is 5.51. The summed E-state index contributed by atoms with van der Waals surface area (Å²) in [7, 11) is 0. The van der Waals surface area contributed by atoms with E-state index in [0.29, 0.717) is 6.42 Å². The van der Waals surface area contributed by atoms with Gasteiger partial charge in [0.1, 0.15) is 0 Å². The number of aliphatic carboxylic acids is 1. The molecular formula is C17H21N3O3. The molecule has 6 nitrogen and oxygen atoms in total. The highest BCUT2D eigenvalue weighted by Crippen LogP contribution is 2.12. The molecule has 1 heterocycles. The van der Waals surface area contributed by atoms with Gasteiger partial charge in [-0.15, -0.1) is 0 Å². The first-order valence-electron chi connectivity index (χ1n) is 7.66. The standard InChI is InChI=1S/C17H21N3O3/c1-3-7-13(17(22)23)11-18-16(21)15-10-12(2)20(19-15)14-8-5-4-6-9-14/h4-6,8-10,13H,3,7,11H2,1-2H3,(H,18,21)(H,22,23). The van der Waals surface area contributed by atoms with Crippen LogP contribution in [-0.2, 0) is 4.79 Å². The molecule has 0 saturated carbocycles. The Labute approximate surface area is 135 Å². The number of hydrogen-bond acceptors (Lipinski definition) is 3. The van der Waals surface area contributed by atoms with Crippen molar-refractivity contribution in [2.24, 2.45) is 5.92 Å². The van der Waals surface area contributed by atoms with E-state index in [-0.39, 0.29) is 18.1 Å². The van der Waals surface area contributed by atoms with Crippen LogP contribution in [0.5, 0.6) is 0 Å². The van der Waals surface area contributed by atoms with Gasteiger partial charge in [0.25, 0.3) is 5.91 Å². The minimum absolute atomic E-state index is 0.110. The second-order valence-electron chi connectivity index (χ2n) is 5.45. The zero-order valence-electron chi connectivity index (χ0n) is 13.3. The van der Waals surface area contributed by atoms with Crippen molar-refractivity contribution in [3.05, 3.63) is 47.8 Å². The molecule has 0 aliphatic carbocycles. The summed E-state index contributed by atoms with van der Waals surface area (Å²) in [5.41, 5.74) is 2.00. The Bertz CT molecular complexity index is 680. The second-order valence-corrected chi connectivity index (χ2v) is 5.45. The predicted molar refractivity (Wildman–Crippen MR) is 86.7 cm³/mol. The van der Waals surface area contributed by atoms with Crippen molar-refractivity contribution in [2.75, 3.05) is 6.54 Å². The van der Waals surface area contributed by atoms with Crippen molar-refractivity contribution in [2.45, 2.75) is 26.7 Å². The third-order valence-electron chi connectivity index (χ3n) is 3.62. The molecule has 1 amide bonds. The van der Waals surface area contributed by atoms with Crippen LogP contribution < -0.4 is 5.32 Å². The smallest absolute Gasteiger partial charge is 0.308 e. The fourth-order valence-corrected chi connectivity index (χ4v) is 2.38. The molecule has 0 bridgehead atoms. The maximum Gasteiger partial charge on any atom is 0.308 e. The summed E-state index contributed by atoms with van der Waals surface area (Å²) in [6, 6.07) is 11.2. The first-order valence-corrected chi connectivity index (χ1v) is 7.66. The van der Waals surface area contributed by atoms with E-state index in [1.165, 1.54) is 0 Å². The number of para-hydroxylation sites is 1. The Morgan fingerprint density at radius 3 is 2.61 bits per heavy atom. The lowest BCUT2D eigenvalue weighted by atomic mass is 10.0. The number of aryl methyl sites for hydroxylation is 1. The van der Waals surface area contributed by atoms with E-state index < -0.39 is 11.9 Å². The summed E-state index contributed by atoms with van der Waals surface area (Å²) in [4.78, 5) is 23.3. The molecule has 0 saturated heterocycles. The number of carboxylic acids is 1. The Morgan fingerprint density at radius 2 is 2.00 bits per heavy atom. The molecule has 0 radical (unpaired) electrons. The number of amides is 1. The molecule has 0 aliphatic heterocycles. The van der Waals surface area contributed by atoms with Crippen LogP contribution in [0.3, 0.4) is 0 Å². The number of aromatic nitrogens is 2. The largest absolute Gasteiger partial charge is 0.481 e. The van der Waals surface area contributed by atoms with Gasteiger partial charge in [0.2, 0.25) is 0 Å². The zero-order chi connectivity index (χ0) is 16.8. The van der Waals surface area contributed by atoms with E-state index in [4.69, 9.17) is 5.11 Å². The topological polar surface area (TPSA) is 84.2 Å². The molecule has 6 heteroatoms. The monoisotopic (exact) mass is 315 g/mol. The third kappa shape index (κ3) is 4.18. The van der Waals surface area contributed by atoms with Crippen molar-refractivity contribution >= 4 is 11.9 Å². The van der Waals surface area contributed by atoms with Crippen molar-refractivity contribution in [1.82, 2.24) is 15.1 Å². The number of carbonyl (C=O) groups excluding carboxylic acids is 1. The van der Waals surface area contributed by atoms with Crippen LogP contribution in [-0.4, -0.2) is 33.3 Å². The van der Waals surface area contributed by atoms with Crippen LogP contribution >= 0.6 is 0 Å². The number of carbonyl (C=O) groups is 2. The quantitative estimate of drug-likeness (QED) is 0.822. The molecule has 0 fully saturated rings. The molecular weight excluding hydrogens is 294 g/mol. The van der Waals surface area contributed by atoms with Gasteiger partial charge in [0.15, 0.2) is 5.69 Å². The first-order chi connectivity index (χ1) is 11.0. The third-order valence-corrected chi connectivity index (χ3v) is 3.62. The summed E-state index contributed by atoms with van der Waals surface area (Å²) in [5, 5.41) is 16.1. The SMILES string of the molecule is CCCC(CNC(=O)c1cc(C)n(-c2ccccc2)n1)C(=O)O. The molecule has 2 rings (SSSR count). The van der Waals surface area contributed by atoms with E-state index in [9.17, 15) is 9.59 Å². The minimum atomic E-state index is -0.891. The highest BCUT2D eigenvalue weighted by atomic mass is 16.4. The number of benzene rings is 1. The highest BCUT2D eigenvalue weighted by molar-refractivity contribution is 5.92. The van der Waals surface area contributed by atoms with E-state index >= 15 is 0 Å². The predicted octanol–water partition coefficient (Wildman–Crippen LogP) is 2.41. The van der Waals surface area contributed by atoms with Gasteiger partial charge in [0, 0.05) is 12.2 Å². The summed E-state index contributed by atoms with van der Waals surface area (Å²) < 4.78 is 1.69. The van der Waals surface area contributed by atoms with Crippen molar-refractivity contribution < 1.29 is 14.7 Å². The minimum Gasteiger partial charge on any atom is -0.481 e. The number of carboxylic acid groups (broad SMARTS) is 1. The van der Waals surface area contributed by atoms with Gasteiger partial charge in [-0.2, -0.15) is 5.10 Å². The number of nitrogens with zero attached hydrogens (tertiary/aromatic N) is 2. The fraction of sp³-hybridized carbons (Fsp3) is 0.353. The maximum atomic E-state index is 12.2. The number of rotatable bonds is 7. The van der Waals surface area contributed by atoms with E-state index in [2.05, 4.69) is 10.4 Å². The Hall–Kier alpha value is -2.63. The number of hydrogen-bond donors (Lipinski definition) is 2. The van der Waals surface area contributed by atoms with Crippen LogP contribution in [0.2, 0.25) is 0 Å². The average Bonchev–Trinajstić information content (AvgIpc) is 2.93. The summed E-state index contributed by atoms with van der Waals surface area (Å²) in [6.45, 7) is 3.90. The van der Waals surface area contributed by atoms with Gasteiger partial charge in [0.05, 0.1) is 11.6 Å². The van der Waals surface area contributed by atoms with Gasteiger partial charge in [-0.05, 0) is 31.5 Å². The molecule has 1 unspecified atom stereocenters. The zero-order valence-corrected chi connectivity index (χ0v) is 13.3. The van der Waals surface area contributed by atoms with Crippen LogP contribution in [0, 0.1) is 12.8 Å². The van der Waals surface area contributed by atoms with E-state index in [1.807, 2.05) is 44.2 Å². The Balaban J connectivity index is 2.07. The van der Waals surface area contributed by atoms with Gasteiger partial charge in [-0.1, -0.05) is 31.5 Å². The summed E-state index contributed by atoms with van der Waals surface area (Å²) in [5.74, 6) is -1.82. The lowest BCUT2D eigenvalue weighted by Gasteiger charge is -2.11. The summed E-state index contributed by atoms with van der Waals surface area (Å²) >= 11 is 0. The van der Waals surface area contributed by atoms with Gasteiger partial charge in [-0.3, -0.25) is 9.59 Å². The molecule has 0 aliphatic rings. The normalized spacial score (nSPS) is 11.9. The van der Waals surface area contributed by atoms with E-state index in [0.717, 1.165) is 17.8 Å². The molecule has 2 N–H and O–H groups in total. The van der Waals surface area contributed by atoms with Crippen LogP contribution in [0.25, 0.3) is 5.69 Å². The van der Waals surface area contributed by atoms with Gasteiger partial charge in [-0.25, -0.2) is 4.68 Å². The molecule has 23 heavy (non-hydrogen) atoms. The average molecular weight is 315 g/mol. The van der Waals surface area contributed by atoms with Gasteiger partial charge < -0.3 is 10.4 Å². The summed E-state index contributed by atoms with van der Waals surface area (Å²) in [6.07, 6.45) is 1.29. The van der Waals surface area contributed by atoms with Crippen molar-refractivity contribution in [3.63, 3.8) is 0 Å². The lowest BCUT2D eigenvalue weighted by Crippen LogP contribution is -2.33. The fourth-order valence-electron chi connectivity index (χ4n) is 2.38. The van der Waals surface area contributed by atoms with Gasteiger partial charge >= 0.3 is 5.97 Å². The second kappa shape index (κ2) is 7.58. The molecule has 1 aromatic carbocycles. The van der Waals surface area contributed by atoms with Crippen molar-refractivity contribution in [3.8, 4) is 5.69 Å². The maximum absolute atomic E-state index is 12.2. The highest BCUT2D eigenvalue weighted by Gasteiger charge is 2.19. The van der Waals surface area contributed by atoms with Crippen LogP contribution in [0.4, 0.5) is 0 Å². The lowest BCUT2D eigenvalue weighted by molar-refractivity contribution is -0.141. The van der Waals surface area contributed by atoms with Crippen LogP contribution in [0.1, 0.15) is 35.9 Å². The number of nitrogens with one attached hydrogen (secondary N) is 1. The molecule has 122 valence electrons. The van der Waals surface area contributed by atoms with Crippen molar-refractivity contribution in [1.29, 1.82) is 0 Å². The molecule has 1 aromatic heterocycles. The Morgan fingerprint density at radius 1 is 1.30 bits per heavy atom. The first kappa shape index (κ1) is 16.7. The molecule has 0 spiro atoms. The van der Waals surface area contributed by atoms with Crippen LogP contribution in [0.15, 0.2) is 36.4 Å². The molecule has 2 aromatic rings. The van der Waals surface area contributed by atoms with E-state index in [1.54, 1.807) is 10.7 Å².